The number of benzene rings is 1. The van der Waals surface area contributed by atoms with E-state index in [1.165, 1.54) is 29.2 Å². The molecule has 0 saturated carbocycles. The van der Waals surface area contributed by atoms with Crippen molar-refractivity contribution in [2.75, 3.05) is 19.6 Å². The highest BCUT2D eigenvalue weighted by Gasteiger charge is 2.31. The molecule has 1 heterocycles. The third-order valence-electron chi connectivity index (χ3n) is 3.16. The average molecular weight is 299 g/mol. The first-order chi connectivity index (χ1) is 9.99. The summed E-state index contributed by atoms with van der Waals surface area (Å²) in [5, 5.41) is 2.99. The number of hydrogen-bond acceptors (Lipinski definition) is 4. The van der Waals surface area contributed by atoms with Crippen LogP contribution in [-0.2, 0) is 4.79 Å². The van der Waals surface area contributed by atoms with E-state index in [4.69, 9.17) is 5.73 Å². The van der Waals surface area contributed by atoms with Crippen molar-refractivity contribution >= 4 is 11.8 Å². The number of amides is 2. The monoisotopic (exact) mass is 299 g/mol. The number of ether oxygens (including phenoxy) is 1. The molecular weight excluding hydrogens is 284 g/mol. The van der Waals surface area contributed by atoms with E-state index in [2.05, 4.69) is 10.1 Å². The highest BCUT2D eigenvalue weighted by Crippen LogP contribution is 2.17. The zero-order chi connectivity index (χ0) is 15.4. The summed E-state index contributed by atoms with van der Waals surface area (Å²) in [6, 6.07) is 4.59. The van der Waals surface area contributed by atoms with Gasteiger partial charge in [-0.05, 0) is 24.3 Å². The van der Waals surface area contributed by atoms with Crippen LogP contribution in [0.2, 0.25) is 0 Å². The fourth-order valence-electron chi connectivity index (χ4n) is 2.15. The van der Waals surface area contributed by atoms with E-state index in [1.54, 1.807) is 0 Å². The van der Waals surface area contributed by atoms with Crippen molar-refractivity contribution in [1.29, 1.82) is 0 Å². The van der Waals surface area contributed by atoms with Crippen LogP contribution in [0.15, 0.2) is 24.3 Å². The Morgan fingerprint density at radius 3 is 2.57 bits per heavy atom. The van der Waals surface area contributed by atoms with Crippen LogP contribution in [0.1, 0.15) is 10.4 Å². The van der Waals surface area contributed by atoms with Crippen molar-refractivity contribution in [2.24, 2.45) is 5.73 Å². The van der Waals surface area contributed by atoms with E-state index in [0.29, 0.717) is 19.6 Å². The van der Waals surface area contributed by atoms with Crippen LogP contribution >= 0.6 is 0 Å². The number of halogens is 2. The van der Waals surface area contributed by atoms with Crippen LogP contribution in [0.4, 0.5) is 8.78 Å². The molecule has 1 aliphatic rings. The number of carbonyl (C=O) groups excluding carboxylic acids is 2. The molecule has 0 radical (unpaired) electrons. The average Bonchev–Trinajstić information content (AvgIpc) is 2.46. The summed E-state index contributed by atoms with van der Waals surface area (Å²) in [6.45, 7) is -1.71. The Labute approximate surface area is 119 Å². The SMILES string of the molecule is NC(=O)C1CNCCN1C(=O)c1ccc(OC(F)F)cc1. The van der Waals surface area contributed by atoms with Gasteiger partial charge in [0.05, 0.1) is 0 Å². The molecule has 1 aromatic carbocycles. The first kappa shape index (κ1) is 15.2. The fraction of sp³-hybridized carbons (Fsp3) is 0.385. The van der Waals surface area contributed by atoms with Gasteiger partial charge in [0, 0.05) is 25.2 Å². The van der Waals surface area contributed by atoms with Gasteiger partial charge in [-0.3, -0.25) is 9.59 Å². The van der Waals surface area contributed by atoms with Crippen LogP contribution in [0, 0.1) is 0 Å². The Bertz CT molecular complexity index is 522. The molecule has 8 heteroatoms. The normalized spacial score (nSPS) is 18.6. The van der Waals surface area contributed by atoms with Crippen LogP contribution in [0.25, 0.3) is 0 Å². The molecule has 2 amide bonds. The van der Waals surface area contributed by atoms with Gasteiger partial charge < -0.3 is 20.7 Å². The van der Waals surface area contributed by atoms with Gasteiger partial charge in [0.1, 0.15) is 11.8 Å². The molecular formula is C13H15F2N3O3. The number of piperazine rings is 1. The van der Waals surface area contributed by atoms with Gasteiger partial charge in [-0.1, -0.05) is 0 Å². The minimum Gasteiger partial charge on any atom is -0.435 e. The maximum atomic E-state index is 12.3. The minimum atomic E-state index is -2.92. The van der Waals surface area contributed by atoms with E-state index in [0.717, 1.165) is 0 Å². The lowest BCUT2D eigenvalue weighted by Crippen LogP contribution is -2.58. The fourth-order valence-corrected chi connectivity index (χ4v) is 2.15. The minimum absolute atomic E-state index is 0.0340. The van der Waals surface area contributed by atoms with Crippen LogP contribution < -0.4 is 15.8 Å². The zero-order valence-electron chi connectivity index (χ0n) is 11.1. The number of rotatable bonds is 4. The van der Waals surface area contributed by atoms with Crippen molar-refractivity contribution in [1.82, 2.24) is 10.2 Å². The molecule has 1 unspecified atom stereocenters. The van der Waals surface area contributed by atoms with Gasteiger partial charge >= 0.3 is 6.61 Å². The summed E-state index contributed by atoms with van der Waals surface area (Å²) in [5.74, 6) is -0.995. The van der Waals surface area contributed by atoms with Crippen LogP contribution in [0.3, 0.4) is 0 Å². The topological polar surface area (TPSA) is 84.7 Å². The maximum Gasteiger partial charge on any atom is 0.387 e. The Hall–Kier alpha value is -2.22. The second kappa shape index (κ2) is 6.49. The van der Waals surface area contributed by atoms with Gasteiger partial charge in [-0.25, -0.2) is 0 Å². The molecule has 0 bridgehead atoms. The molecule has 0 spiro atoms. The van der Waals surface area contributed by atoms with Crippen molar-refractivity contribution < 1.29 is 23.1 Å². The summed E-state index contributed by atoms with van der Waals surface area (Å²) in [7, 11) is 0. The lowest BCUT2D eigenvalue weighted by Gasteiger charge is -2.34. The Morgan fingerprint density at radius 2 is 2.00 bits per heavy atom. The van der Waals surface area contributed by atoms with Crippen molar-refractivity contribution in [3.05, 3.63) is 29.8 Å². The number of hydrogen-bond donors (Lipinski definition) is 2. The quantitative estimate of drug-likeness (QED) is 0.831. The molecule has 6 nitrogen and oxygen atoms in total. The summed E-state index contributed by atoms with van der Waals surface area (Å²) in [4.78, 5) is 25.1. The van der Waals surface area contributed by atoms with Gasteiger partial charge in [-0.2, -0.15) is 8.78 Å². The van der Waals surface area contributed by atoms with Crippen LogP contribution in [0.5, 0.6) is 5.75 Å². The molecule has 1 atom stereocenters. The third kappa shape index (κ3) is 3.66. The number of primary amides is 1. The maximum absolute atomic E-state index is 12.3. The number of nitrogens with one attached hydrogen (secondary N) is 1. The highest BCUT2D eigenvalue weighted by molar-refractivity contribution is 5.97. The molecule has 3 N–H and O–H groups in total. The van der Waals surface area contributed by atoms with E-state index in [-0.39, 0.29) is 17.2 Å². The van der Waals surface area contributed by atoms with Gasteiger partial charge in [0.25, 0.3) is 5.91 Å². The molecule has 1 aromatic rings. The lowest BCUT2D eigenvalue weighted by atomic mass is 10.1. The molecule has 2 rings (SSSR count). The second-order valence-electron chi connectivity index (χ2n) is 4.52. The van der Waals surface area contributed by atoms with E-state index in [1.807, 2.05) is 0 Å². The van der Waals surface area contributed by atoms with E-state index >= 15 is 0 Å². The van der Waals surface area contributed by atoms with Crippen molar-refractivity contribution in [3.63, 3.8) is 0 Å². The first-order valence-corrected chi connectivity index (χ1v) is 6.35. The smallest absolute Gasteiger partial charge is 0.387 e. The lowest BCUT2D eigenvalue weighted by molar-refractivity contribution is -0.122. The van der Waals surface area contributed by atoms with E-state index in [9.17, 15) is 18.4 Å². The van der Waals surface area contributed by atoms with Gasteiger partial charge in [0.15, 0.2) is 0 Å². The number of carbonyl (C=O) groups is 2. The molecule has 21 heavy (non-hydrogen) atoms. The summed E-state index contributed by atoms with van der Waals surface area (Å²) < 4.78 is 28.3. The predicted octanol–water partition coefficient (Wildman–Crippen LogP) is 0.187. The van der Waals surface area contributed by atoms with Crippen molar-refractivity contribution in [3.8, 4) is 5.75 Å². The number of alkyl halides is 2. The largest absolute Gasteiger partial charge is 0.435 e. The van der Waals surface area contributed by atoms with Gasteiger partial charge in [-0.15, -0.1) is 0 Å². The molecule has 0 aromatic heterocycles. The number of nitrogens with two attached hydrogens (primary N) is 1. The molecule has 0 aliphatic carbocycles. The molecule has 114 valence electrons. The first-order valence-electron chi connectivity index (χ1n) is 6.35. The standard InChI is InChI=1S/C13H15F2N3O3/c14-13(15)21-9-3-1-8(2-4-9)12(20)18-6-5-17-7-10(18)11(16)19/h1-4,10,13,17H,5-7H2,(H2,16,19). The summed E-state index contributed by atoms with van der Waals surface area (Å²) in [6.07, 6.45) is 0. The Kier molecular flexibility index (Phi) is 4.69. The Balaban J connectivity index is 2.12. The molecule has 1 aliphatic heterocycles. The Morgan fingerprint density at radius 1 is 1.33 bits per heavy atom. The zero-order valence-corrected chi connectivity index (χ0v) is 11.1. The number of nitrogens with zero attached hydrogens (tertiary/aromatic N) is 1. The molecule has 1 fully saturated rings. The second-order valence-corrected chi connectivity index (χ2v) is 4.52. The highest BCUT2D eigenvalue weighted by atomic mass is 19.3. The van der Waals surface area contributed by atoms with Crippen molar-refractivity contribution in [2.45, 2.75) is 12.7 Å². The summed E-state index contributed by atoms with van der Waals surface area (Å²) in [5.41, 5.74) is 5.56. The van der Waals surface area contributed by atoms with Crippen LogP contribution in [-0.4, -0.2) is 49.0 Å². The predicted molar refractivity (Wildman–Crippen MR) is 70.0 cm³/mol. The van der Waals surface area contributed by atoms with Gasteiger partial charge in [0.2, 0.25) is 5.91 Å². The third-order valence-corrected chi connectivity index (χ3v) is 3.16. The molecule has 1 saturated heterocycles. The van der Waals surface area contributed by atoms with E-state index < -0.39 is 18.6 Å². The summed E-state index contributed by atoms with van der Waals surface area (Å²) >= 11 is 0.